The molecule has 1 rings (SSSR count). The number of hydrogen-bond donors (Lipinski definition) is 0. The lowest BCUT2D eigenvalue weighted by Gasteiger charge is -2.03. The largest absolute Gasteiger partial charge is 0.462 e. The van der Waals surface area contributed by atoms with Crippen molar-refractivity contribution in [3.05, 3.63) is 51.0 Å². The van der Waals surface area contributed by atoms with Crippen LogP contribution >= 0.6 is 0 Å². The van der Waals surface area contributed by atoms with Crippen LogP contribution in [0.4, 0.5) is 0 Å². The van der Waals surface area contributed by atoms with Crippen molar-refractivity contribution in [1.29, 1.82) is 0 Å². The minimum Gasteiger partial charge on any atom is -0.462 e. The number of aryl methyl sites for hydroxylation is 2. The summed E-state index contributed by atoms with van der Waals surface area (Å²) in [4.78, 5) is 14.2. The van der Waals surface area contributed by atoms with Gasteiger partial charge in [-0.1, -0.05) is 34.4 Å². The third-order valence-electron chi connectivity index (χ3n) is 2.18. The van der Waals surface area contributed by atoms with Gasteiger partial charge >= 0.3 is 5.97 Å². The van der Waals surface area contributed by atoms with Crippen LogP contribution in [0, 0.1) is 13.8 Å². The first-order valence-electron chi connectivity index (χ1n) is 5.59. The minimum absolute atomic E-state index is 0.0376. The van der Waals surface area contributed by atoms with Crippen LogP contribution in [0.5, 0.6) is 0 Å². The zero-order chi connectivity index (χ0) is 13.5. The van der Waals surface area contributed by atoms with E-state index in [9.17, 15) is 4.79 Å². The number of carbonyl (C=O) groups excluding carboxylic acids is 1. The second kappa shape index (κ2) is 6.47. The first-order valence-corrected chi connectivity index (χ1v) is 5.59. The van der Waals surface area contributed by atoms with Gasteiger partial charge < -0.3 is 4.74 Å². The third kappa shape index (κ3) is 3.96. The van der Waals surface area contributed by atoms with Crippen molar-refractivity contribution in [2.24, 2.45) is 5.11 Å². The standard InChI is InChI=1S/C13H15N3O2/c1-4-18-13(17)12(15-16-14)8-11-6-9(2)5-10(3)7-11/h5-8H,4H2,1-3H3. The second-order valence-electron chi connectivity index (χ2n) is 3.86. The molecule has 5 heteroatoms. The number of esters is 1. The van der Waals surface area contributed by atoms with Crippen molar-refractivity contribution in [3.63, 3.8) is 0 Å². The Bertz CT molecular complexity index is 509. The van der Waals surface area contributed by atoms with E-state index in [1.807, 2.05) is 32.0 Å². The Hall–Kier alpha value is -2.26. The molecule has 0 fully saturated rings. The van der Waals surface area contributed by atoms with E-state index >= 15 is 0 Å². The van der Waals surface area contributed by atoms with Crippen molar-refractivity contribution in [3.8, 4) is 0 Å². The number of benzene rings is 1. The molecule has 0 aliphatic rings. The summed E-state index contributed by atoms with van der Waals surface area (Å²) >= 11 is 0. The summed E-state index contributed by atoms with van der Waals surface area (Å²) in [7, 11) is 0. The van der Waals surface area contributed by atoms with Gasteiger partial charge in [0.25, 0.3) is 0 Å². The van der Waals surface area contributed by atoms with Crippen molar-refractivity contribution >= 4 is 12.0 Å². The van der Waals surface area contributed by atoms with Crippen LogP contribution in [0.3, 0.4) is 0 Å². The lowest BCUT2D eigenvalue weighted by Crippen LogP contribution is -2.05. The monoisotopic (exact) mass is 245 g/mol. The Morgan fingerprint density at radius 1 is 1.39 bits per heavy atom. The van der Waals surface area contributed by atoms with Crippen molar-refractivity contribution < 1.29 is 9.53 Å². The molecule has 0 amide bonds. The lowest BCUT2D eigenvalue weighted by atomic mass is 10.1. The Morgan fingerprint density at radius 2 is 2.00 bits per heavy atom. The van der Waals surface area contributed by atoms with Crippen LogP contribution in [0.25, 0.3) is 16.5 Å². The van der Waals surface area contributed by atoms with Crippen molar-refractivity contribution in [1.82, 2.24) is 0 Å². The van der Waals surface area contributed by atoms with E-state index in [2.05, 4.69) is 10.0 Å². The van der Waals surface area contributed by atoms with Crippen molar-refractivity contribution in [2.45, 2.75) is 20.8 Å². The predicted octanol–water partition coefficient (Wildman–Crippen LogP) is 3.52. The highest BCUT2D eigenvalue weighted by molar-refractivity contribution is 5.93. The van der Waals surface area contributed by atoms with Gasteiger partial charge in [-0.3, -0.25) is 0 Å². The molecule has 18 heavy (non-hydrogen) atoms. The van der Waals surface area contributed by atoms with E-state index in [1.165, 1.54) is 6.08 Å². The number of carbonyl (C=O) groups is 1. The maximum atomic E-state index is 11.6. The molecule has 5 nitrogen and oxygen atoms in total. The highest BCUT2D eigenvalue weighted by atomic mass is 16.5. The molecule has 0 saturated carbocycles. The van der Waals surface area contributed by atoms with Crippen LogP contribution in [0.2, 0.25) is 0 Å². The average molecular weight is 245 g/mol. The number of nitrogens with zero attached hydrogens (tertiary/aromatic N) is 3. The molecule has 94 valence electrons. The Kier molecular flexibility index (Phi) is 4.96. The van der Waals surface area contributed by atoms with Gasteiger partial charge in [-0.2, -0.15) is 0 Å². The van der Waals surface area contributed by atoms with E-state index in [0.717, 1.165) is 16.7 Å². The summed E-state index contributed by atoms with van der Waals surface area (Å²) in [5.74, 6) is -0.616. The highest BCUT2D eigenvalue weighted by Gasteiger charge is 2.08. The molecule has 0 aromatic heterocycles. The van der Waals surface area contributed by atoms with Crippen LogP contribution in [0.15, 0.2) is 29.0 Å². The fourth-order valence-corrected chi connectivity index (χ4v) is 1.63. The number of hydrogen-bond acceptors (Lipinski definition) is 3. The SMILES string of the molecule is CCOC(=O)C(=Cc1cc(C)cc(C)c1)N=[N+]=[N-]. The van der Waals surface area contributed by atoms with Gasteiger partial charge in [-0.25, -0.2) is 4.79 Å². The summed E-state index contributed by atoms with van der Waals surface area (Å²) in [6.07, 6.45) is 1.53. The normalized spacial score (nSPS) is 10.7. The van der Waals surface area contributed by atoms with E-state index in [0.29, 0.717) is 0 Å². The number of ether oxygens (including phenoxy) is 1. The fraction of sp³-hybridized carbons (Fsp3) is 0.308. The van der Waals surface area contributed by atoms with Crippen molar-refractivity contribution in [2.75, 3.05) is 6.61 Å². The molecular formula is C13H15N3O2. The van der Waals surface area contributed by atoms with E-state index in [4.69, 9.17) is 10.3 Å². The van der Waals surface area contributed by atoms with E-state index in [-0.39, 0.29) is 12.3 Å². The molecule has 0 spiro atoms. The van der Waals surface area contributed by atoms with E-state index < -0.39 is 5.97 Å². The summed E-state index contributed by atoms with van der Waals surface area (Å²) in [6.45, 7) is 5.86. The number of azide groups is 1. The molecule has 0 atom stereocenters. The molecule has 1 aromatic carbocycles. The Balaban J connectivity index is 3.15. The molecule has 0 radical (unpaired) electrons. The number of rotatable bonds is 4. The summed E-state index contributed by atoms with van der Waals surface area (Å²) in [6, 6.07) is 5.83. The van der Waals surface area contributed by atoms with Crippen LogP contribution in [0.1, 0.15) is 23.6 Å². The van der Waals surface area contributed by atoms with Gasteiger partial charge in [0.1, 0.15) is 5.70 Å². The van der Waals surface area contributed by atoms with E-state index in [1.54, 1.807) is 6.92 Å². The molecule has 1 aromatic rings. The summed E-state index contributed by atoms with van der Waals surface area (Å²) < 4.78 is 4.82. The quantitative estimate of drug-likeness (QED) is 0.267. The summed E-state index contributed by atoms with van der Waals surface area (Å²) in [5.41, 5.74) is 11.4. The lowest BCUT2D eigenvalue weighted by molar-refractivity contribution is -0.138. The van der Waals surface area contributed by atoms with Gasteiger partial charge in [0, 0.05) is 4.91 Å². The van der Waals surface area contributed by atoms with Crippen LogP contribution in [-0.2, 0) is 9.53 Å². The van der Waals surface area contributed by atoms with Gasteiger partial charge in [0.2, 0.25) is 0 Å². The molecule has 0 heterocycles. The van der Waals surface area contributed by atoms with Gasteiger partial charge in [0.15, 0.2) is 0 Å². The molecule has 0 aliphatic carbocycles. The molecule has 0 saturated heterocycles. The smallest absolute Gasteiger partial charge is 0.340 e. The maximum Gasteiger partial charge on any atom is 0.340 e. The molecular weight excluding hydrogens is 230 g/mol. The minimum atomic E-state index is -0.616. The van der Waals surface area contributed by atoms with Gasteiger partial charge in [-0.15, -0.1) is 0 Å². The van der Waals surface area contributed by atoms with Crippen LogP contribution in [-0.4, -0.2) is 12.6 Å². The molecule has 0 unspecified atom stereocenters. The first kappa shape index (κ1) is 13.8. The van der Waals surface area contributed by atoms with Crippen LogP contribution < -0.4 is 0 Å². The Labute approximate surface area is 106 Å². The van der Waals surface area contributed by atoms with Gasteiger partial charge in [0.05, 0.1) is 6.61 Å². The zero-order valence-corrected chi connectivity index (χ0v) is 10.7. The second-order valence-corrected chi connectivity index (χ2v) is 3.86. The average Bonchev–Trinajstić information content (AvgIpc) is 2.27. The van der Waals surface area contributed by atoms with Gasteiger partial charge in [-0.05, 0) is 37.9 Å². The Morgan fingerprint density at radius 3 is 2.50 bits per heavy atom. The predicted molar refractivity (Wildman–Crippen MR) is 69.7 cm³/mol. The zero-order valence-electron chi connectivity index (χ0n) is 10.7. The molecule has 0 bridgehead atoms. The summed E-state index contributed by atoms with van der Waals surface area (Å²) in [5, 5.41) is 3.36. The molecule has 0 N–H and O–H groups in total. The molecule has 0 aliphatic heterocycles. The first-order chi connectivity index (χ1) is 8.56. The fourth-order valence-electron chi connectivity index (χ4n) is 1.63. The third-order valence-corrected chi connectivity index (χ3v) is 2.18. The topological polar surface area (TPSA) is 75.1 Å². The maximum absolute atomic E-state index is 11.6. The highest BCUT2D eigenvalue weighted by Crippen LogP contribution is 2.14.